The van der Waals surface area contributed by atoms with Crippen LogP contribution in [0.4, 0.5) is 0 Å². The van der Waals surface area contributed by atoms with E-state index in [1.807, 2.05) is 0 Å². The molecule has 96 valence electrons. The van der Waals surface area contributed by atoms with Crippen molar-refractivity contribution >= 4 is 11.8 Å². The Kier molecular flexibility index (Phi) is 3.66. The summed E-state index contributed by atoms with van der Waals surface area (Å²) in [7, 11) is 1.78. The summed E-state index contributed by atoms with van der Waals surface area (Å²) in [6.07, 6.45) is 3.75. The lowest BCUT2D eigenvalue weighted by Crippen LogP contribution is -2.52. The Labute approximate surface area is 102 Å². The number of piperazine rings is 1. The van der Waals surface area contributed by atoms with Gasteiger partial charge in [-0.05, 0) is 19.3 Å². The van der Waals surface area contributed by atoms with Crippen LogP contribution in [0.15, 0.2) is 0 Å². The zero-order chi connectivity index (χ0) is 12.4. The molecule has 17 heavy (non-hydrogen) atoms. The van der Waals surface area contributed by atoms with Gasteiger partial charge < -0.3 is 15.5 Å². The molecular weight excluding hydrogens is 218 g/mol. The second-order valence-corrected chi connectivity index (χ2v) is 5.20. The molecule has 2 rings (SSSR count). The van der Waals surface area contributed by atoms with Gasteiger partial charge in [-0.15, -0.1) is 0 Å². The fraction of sp³-hybridized carbons (Fsp3) is 0.833. The fourth-order valence-corrected chi connectivity index (χ4v) is 2.66. The predicted octanol–water partition coefficient (Wildman–Crippen LogP) is -0.195. The van der Waals surface area contributed by atoms with E-state index in [4.69, 9.17) is 5.73 Å². The lowest BCUT2D eigenvalue weighted by atomic mass is 9.85. The molecule has 2 atom stereocenters. The fourth-order valence-electron chi connectivity index (χ4n) is 2.66. The molecule has 0 bridgehead atoms. The molecule has 2 N–H and O–H groups in total. The van der Waals surface area contributed by atoms with Gasteiger partial charge in [0.2, 0.25) is 11.8 Å². The van der Waals surface area contributed by atoms with Crippen LogP contribution in [-0.2, 0) is 9.59 Å². The summed E-state index contributed by atoms with van der Waals surface area (Å²) in [6.45, 7) is 1.54. The number of hydrogen-bond donors (Lipinski definition) is 1. The molecule has 1 aliphatic carbocycles. The number of carbonyl (C=O) groups is 2. The van der Waals surface area contributed by atoms with Crippen molar-refractivity contribution in [3.8, 4) is 0 Å². The first-order chi connectivity index (χ1) is 8.08. The highest BCUT2D eigenvalue weighted by molar-refractivity contribution is 5.87. The minimum Gasteiger partial charge on any atom is -0.342 e. The minimum atomic E-state index is 0.0321. The van der Waals surface area contributed by atoms with Gasteiger partial charge in [-0.1, -0.05) is 6.42 Å². The van der Waals surface area contributed by atoms with Crippen molar-refractivity contribution < 1.29 is 9.59 Å². The van der Waals surface area contributed by atoms with Crippen LogP contribution in [0.3, 0.4) is 0 Å². The topological polar surface area (TPSA) is 66.6 Å². The Balaban J connectivity index is 1.93. The molecule has 0 aromatic rings. The maximum Gasteiger partial charge on any atom is 0.241 e. The normalized spacial score (nSPS) is 30.6. The molecule has 5 heteroatoms. The number of likely N-dealkylation sites (N-methyl/N-ethyl adjacent to an activating group) is 1. The smallest absolute Gasteiger partial charge is 0.241 e. The number of rotatable bonds is 1. The molecule has 1 saturated heterocycles. The summed E-state index contributed by atoms with van der Waals surface area (Å²) in [5.74, 6) is 0.196. The van der Waals surface area contributed by atoms with Crippen LogP contribution < -0.4 is 5.73 Å². The molecule has 2 fully saturated rings. The molecule has 0 aromatic carbocycles. The van der Waals surface area contributed by atoms with E-state index in [1.165, 1.54) is 0 Å². The summed E-state index contributed by atoms with van der Waals surface area (Å²) in [5.41, 5.74) is 5.90. The second-order valence-electron chi connectivity index (χ2n) is 5.20. The molecule has 1 saturated carbocycles. The molecule has 5 nitrogen and oxygen atoms in total. The minimum absolute atomic E-state index is 0.0321. The van der Waals surface area contributed by atoms with E-state index >= 15 is 0 Å². The third-order valence-corrected chi connectivity index (χ3v) is 3.83. The number of nitrogens with zero attached hydrogens (tertiary/aromatic N) is 2. The zero-order valence-corrected chi connectivity index (χ0v) is 10.4. The van der Waals surface area contributed by atoms with Crippen molar-refractivity contribution in [2.45, 2.75) is 31.7 Å². The highest BCUT2D eigenvalue weighted by atomic mass is 16.2. The van der Waals surface area contributed by atoms with Crippen molar-refractivity contribution in [1.29, 1.82) is 0 Å². The summed E-state index contributed by atoms with van der Waals surface area (Å²) in [5, 5.41) is 0. The lowest BCUT2D eigenvalue weighted by molar-refractivity contribution is -0.147. The first kappa shape index (κ1) is 12.4. The summed E-state index contributed by atoms with van der Waals surface area (Å²) in [6, 6.07) is 0.154. The van der Waals surface area contributed by atoms with Crippen molar-refractivity contribution in [1.82, 2.24) is 9.80 Å². The van der Waals surface area contributed by atoms with Crippen LogP contribution in [0.2, 0.25) is 0 Å². The largest absolute Gasteiger partial charge is 0.342 e. The van der Waals surface area contributed by atoms with Crippen LogP contribution in [0, 0.1) is 5.92 Å². The van der Waals surface area contributed by atoms with Crippen LogP contribution >= 0.6 is 0 Å². The Morgan fingerprint density at radius 1 is 1.35 bits per heavy atom. The molecule has 0 spiro atoms. The van der Waals surface area contributed by atoms with Gasteiger partial charge in [0.05, 0.1) is 6.54 Å². The maximum atomic E-state index is 12.3. The third-order valence-electron chi connectivity index (χ3n) is 3.83. The Morgan fingerprint density at radius 3 is 2.76 bits per heavy atom. The first-order valence-corrected chi connectivity index (χ1v) is 6.36. The molecule has 2 aliphatic rings. The van der Waals surface area contributed by atoms with Gasteiger partial charge in [-0.2, -0.15) is 0 Å². The number of amides is 2. The van der Waals surface area contributed by atoms with Crippen molar-refractivity contribution in [3.63, 3.8) is 0 Å². The number of hydrogen-bond acceptors (Lipinski definition) is 3. The average molecular weight is 239 g/mol. The standard InChI is InChI=1S/C12H21N3O2/c1-14-5-6-15(8-11(14)16)12(17)9-3-2-4-10(13)7-9/h9-10H,2-8,13H2,1H3/t9-,10-/m1/s1. The highest BCUT2D eigenvalue weighted by Crippen LogP contribution is 2.25. The Hall–Kier alpha value is -1.10. The molecule has 0 unspecified atom stereocenters. The van der Waals surface area contributed by atoms with E-state index in [0.717, 1.165) is 25.7 Å². The maximum absolute atomic E-state index is 12.3. The summed E-state index contributed by atoms with van der Waals surface area (Å²) >= 11 is 0. The van der Waals surface area contributed by atoms with Gasteiger partial charge in [0.15, 0.2) is 0 Å². The van der Waals surface area contributed by atoms with E-state index in [0.29, 0.717) is 13.1 Å². The van der Waals surface area contributed by atoms with Gasteiger partial charge in [0, 0.05) is 32.1 Å². The predicted molar refractivity (Wildman–Crippen MR) is 64.2 cm³/mol. The summed E-state index contributed by atoms with van der Waals surface area (Å²) in [4.78, 5) is 27.2. The van der Waals surface area contributed by atoms with E-state index < -0.39 is 0 Å². The van der Waals surface area contributed by atoms with Gasteiger partial charge in [0.1, 0.15) is 0 Å². The van der Waals surface area contributed by atoms with Crippen LogP contribution in [0.25, 0.3) is 0 Å². The summed E-state index contributed by atoms with van der Waals surface area (Å²) < 4.78 is 0. The molecule has 0 radical (unpaired) electrons. The lowest BCUT2D eigenvalue weighted by Gasteiger charge is -2.36. The van der Waals surface area contributed by atoms with Crippen molar-refractivity contribution in [2.75, 3.05) is 26.7 Å². The molecule has 0 aromatic heterocycles. The van der Waals surface area contributed by atoms with Crippen LogP contribution in [-0.4, -0.2) is 54.3 Å². The van der Waals surface area contributed by atoms with Gasteiger partial charge in [-0.3, -0.25) is 9.59 Å². The van der Waals surface area contributed by atoms with Crippen LogP contribution in [0.1, 0.15) is 25.7 Å². The molecule has 2 amide bonds. The van der Waals surface area contributed by atoms with Crippen molar-refractivity contribution in [3.05, 3.63) is 0 Å². The molecule has 1 heterocycles. The number of nitrogens with two attached hydrogens (primary N) is 1. The second kappa shape index (κ2) is 5.04. The van der Waals surface area contributed by atoms with E-state index in [1.54, 1.807) is 16.8 Å². The van der Waals surface area contributed by atoms with Gasteiger partial charge in [-0.25, -0.2) is 0 Å². The highest BCUT2D eigenvalue weighted by Gasteiger charge is 2.32. The van der Waals surface area contributed by atoms with E-state index in [9.17, 15) is 9.59 Å². The van der Waals surface area contributed by atoms with Gasteiger partial charge in [0.25, 0.3) is 0 Å². The van der Waals surface area contributed by atoms with Crippen molar-refractivity contribution in [2.24, 2.45) is 11.7 Å². The monoisotopic (exact) mass is 239 g/mol. The van der Waals surface area contributed by atoms with E-state index in [-0.39, 0.29) is 30.3 Å². The van der Waals surface area contributed by atoms with Crippen LogP contribution in [0.5, 0.6) is 0 Å². The molecular formula is C12H21N3O2. The first-order valence-electron chi connectivity index (χ1n) is 6.36. The Bertz CT molecular complexity index is 319. The number of carbonyl (C=O) groups excluding carboxylic acids is 2. The SMILES string of the molecule is CN1CCN(C(=O)[C@@H]2CCC[C@@H](N)C2)CC1=O. The zero-order valence-electron chi connectivity index (χ0n) is 10.4. The Morgan fingerprint density at radius 2 is 2.12 bits per heavy atom. The third kappa shape index (κ3) is 2.77. The quantitative estimate of drug-likeness (QED) is 0.689. The van der Waals surface area contributed by atoms with E-state index in [2.05, 4.69) is 0 Å². The molecule has 1 aliphatic heterocycles. The average Bonchev–Trinajstić information content (AvgIpc) is 2.32. The van der Waals surface area contributed by atoms with Gasteiger partial charge >= 0.3 is 0 Å².